The molecule has 1 aromatic carbocycles. The van der Waals surface area contributed by atoms with Crippen LogP contribution in [-0.2, 0) is 0 Å². The van der Waals surface area contributed by atoms with E-state index in [4.69, 9.17) is 0 Å². The van der Waals surface area contributed by atoms with Crippen molar-refractivity contribution in [3.05, 3.63) is 58.0 Å². The number of hydrogen-bond donors (Lipinski definition) is 1. The summed E-state index contributed by atoms with van der Waals surface area (Å²) in [7, 11) is 0. The van der Waals surface area contributed by atoms with Crippen LogP contribution in [0.3, 0.4) is 0 Å². The molecule has 0 atom stereocenters. The number of nitrogens with zero attached hydrogens (tertiary/aromatic N) is 3. The molecule has 6 heteroatoms. The monoisotopic (exact) mass is 356 g/mol. The molecule has 0 saturated heterocycles. The number of nitrogens with one attached hydrogen (secondary N) is 1. The number of hydrogen-bond acceptors (Lipinski definition) is 4. The summed E-state index contributed by atoms with van der Waals surface area (Å²) in [6, 6.07) is 8.83. The highest BCUT2D eigenvalue weighted by Crippen LogP contribution is 2.16. The predicted octanol–water partition coefficient (Wildman–Crippen LogP) is 3.66. The first-order valence-electron chi connectivity index (χ1n) is 6.71. The van der Waals surface area contributed by atoms with E-state index in [0.717, 1.165) is 21.4 Å². The van der Waals surface area contributed by atoms with Gasteiger partial charge in [0.05, 0.1) is 22.4 Å². The van der Waals surface area contributed by atoms with Crippen molar-refractivity contribution < 1.29 is 4.79 Å². The van der Waals surface area contributed by atoms with E-state index in [9.17, 15) is 4.79 Å². The quantitative estimate of drug-likeness (QED) is 0.760. The second-order valence-electron chi connectivity index (χ2n) is 4.91. The summed E-state index contributed by atoms with van der Waals surface area (Å²) in [6.07, 6.45) is 1.63. The molecular weight excluding hydrogens is 344 g/mol. The standard InChI is InChI=1S/C16H13BrN4O/c1-9-10(2)20-14-7-11(3-5-13(14)19-9)16(22)21-15-6-4-12(17)8-18-15/h3-8H,1-2H3,(H,18,21,22). The highest BCUT2D eigenvalue weighted by atomic mass is 79.9. The Bertz CT molecular complexity index is 862. The van der Waals surface area contributed by atoms with Crippen LogP contribution in [0.4, 0.5) is 5.82 Å². The molecule has 1 N–H and O–H groups in total. The molecule has 1 amide bonds. The molecule has 0 aliphatic rings. The Morgan fingerprint density at radius 1 is 1.05 bits per heavy atom. The molecule has 110 valence electrons. The van der Waals surface area contributed by atoms with Gasteiger partial charge in [-0.05, 0) is 60.1 Å². The van der Waals surface area contributed by atoms with Gasteiger partial charge in [0.1, 0.15) is 5.82 Å². The van der Waals surface area contributed by atoms with Crippen LogP contribution >= 0.6 is 15.9 Å². The molecule has 22 heavy (non-hydrogen) atoms. The highest BCUT2D eigenvalue weighted by Gasteiger charge is 2.09. The van der Waals surface area contributed by atoms with Crippen molar-refractivity contribution in [2.75, 3.05) is 5.32 Å². The number of amides is 1. The van der Waals surface area contributed by atoms with Gasteiger partial charge in [0, 0.05) is 16.2 Å². The van der Waals surface area contributed by atoms with Crippen LogP contribution in [-0.4, -0.2) is 20.9 Å². The molecule has 3 aromatic rings. The maximum Gasteiger partial charge on any atom is 0.256 e. The number of aromatic nitrogens is 3. The van der Waals surface area contributed by atoms with Crippen molar-refractivity contribution >= 4 is 38.7 Å². The van der Waals surface area contributed by atoms with Gasteiger partial charge in [0.25, 0.3) is 5.91 Å². The summed E-state index contributed by atoms with van der Waals surface area (Å²) >= 11 is 3.31. The molecule has 0 saturated carbocycles. The number of fused-ring (bicyclic) bond motifs is 1. The van der Waals surface area contributed by atoms with E-state index in [1.807, 2.05) is 19.9 Å². The molecule has 2 heterocycles. The Balaban J connectivity index is 1.90. The van der Waals surface area contributed by atoms with E-state index >= 15 is 0 Å². The van der Waals surface area contributed by atoms with Crippen molar-refractivity contribution in [2.45, 2.75) is 13.8 Å². The molecule has 0 radical (unpaired) electrons. The fourth-order valence-electron chi connectivity index (χ4n) is 2.01. The van der Waals surface area contributed by atoms with E-state index in [1.54, 1.807) is 30.5 Å². The van der Waals surface area contributed by atoms with Gasteiger partial charge in [-0.2, -0.15) is 0 Å². The van der Waals surface area contributed by atoms with Crippen LogP contribution in [0.2, 0.25) is 0 Å². The molecule has 3 rings (SSSR count). The van der Waals surface area contributed by atoms with Gasteiger partial charge < -0.3 is 5.32 Å². The van der Waals surface area contributed by atoms with Gasteiger partial charge in [-0.3, -0.25) is 4.79 Å². The van der Waals surface area contributed by atoms with Crippen LogP contribution in [0.5, 0.6) is 0 Å². The summed E-state index contributed by atoms with van der Waals surface area (Å²) in [6.45, 7) is 3.82. The van der Waals surface area contributed by atoms with E-state index in [0.29, 0.717) is 16.9 Å². The molecule has 0 unspecified atom stereocenters. The fourth-order valence-corrected chi connectivity index (χ4v) is 2.24. The van der Waals surface area contributed by atoms with Crippen LogP contribution in [0.25, 0.3) is 11.0 Å². The summed E-state index contributed by atoms with van der Waals surface area (Å²) in [4.78, 5) is 25.3. The molecule has 0 spiro atoms. The number of benzene rings is 1. The van der Waals surface area contributed by atoms with Crippen LogP contribution in [0, 0.1) is 13.8 Å². The molecule has 2 aromatic heterocycles. The zero-order valence-corrected chi connectivity index (χ0v) is 13.7. The van der Waals surface area contributed by atoms with Crippen molar-refractivity contribution in [1.82, 2.24) is 15.0 Å². The second-order valence-corrected chi connectivity index (χ2v) is 5.83. The van der Waals surface area contributed by atoms with E-state index in [-0.39, 0.29) is 5.91 Å². The third-order valence-corrected chi connectivity index (χ3v) is 3.78. The number of carbonyl (C=O) groups is 1. The van der Waals surface area contributed by atoms with Gasteiger partial charge in [0.2, 0.25) is 0 Å². The minimum Gasteiger partial charge on any atom is -0.307 e. The highest BCUT2D eigenvalue weighted by molar-refractivity contribution is 9.10. The van der Waals surface area contributed by atoms with E-state index in [1.165, 1.54) is 0 Å². The van der Waals surface area contributed by atoms with Crippen LogP contribution < -0.4 is 5.32 Å². The van der Waals surface area contributed by atoms with Gasteiger partial charge in [-0.1, -0.05) is 0 Å². The molecule has 0 fully saturated rings. The Morgan fingerprint density at radius 2 is 1.77 bits per heavy atom. The van der Waals surface area contributed by atoms with Crippen LogP contribution in [0.15, 0.2) is 41.0 Å². The maximum atomic E-state index is 12.3. The number of halogens is 1. The lowest BCUT2D eigenvalue weighted by Crippen LogP contribution is -2.13. The van der Waals surface area contributed by atoms with Gasteiger partial charge >= 0.3 is 0 Å². The van der Waals surface area contributed by atoms with Crippen molar-refractivity contribution in [2.24, 2.45) is 0 Å². The Morgan fingerprint density at radius 3 is 2.45 bits per heavy atom. The number of anilines is 1. The Labute approximate surface area is 136 Å². The SMILES string of the molecule is Cc1nc2ccc(C(=O)Nc3ccc(Br)cn3)cc2nc1C. The van der Waals surface area contributed by atoms with Crippen LogP contribution in [0.1, 0.15) is 21.7 Å². The largest absolute Gasteiger partial charge is 0.307 e. The smallest absolute Gasteiger partial charge is 0.256 e. The van der Waals surface area contributed by atoms with Gasteiger partial charge in [0.15, 0.2) is 0 Å². The number of rotatable bonds is 2. The summed E-state index contributed by atoms with van der Waals surface area (Å²) in [5.41, 5.74) is 3.76. The molecular formula is C16H13BrN4O. The Hall–Kier alpha value is -2.34. The second kappa shape index (κ2) is 5.81. The fraction of sp³-hybridized carbons (Fsp3) is 0.125. The maximum absolute atomic E-state index is 12.3. The minimum absolute atomic E-state index is 0.225. The zero-order chi connectivity index (χ0) is 15.7. The zero-order valence-electron chi connectivity index (χ0n) is 12.1. The predicted molar refractivity (Wildman–Crippen MR) is 88.9 cm³/mol. The lowest BCUT2D eigenvalue weighted by Gasteiger charge is -2.06. The van der Waals surface area contributed by atoms with Gasteiger partial charge in [-0.25, -0.2) is 15.0 Å². The summed E-state index contributed by atoms with van der Waals surface area (Å²) in [5.74, 6) is 0.274. The van der Waals surface area contributed by atoms with Crippen molar-refractivity contribution in [1.29, 1.82) is 0 Å². The average Bonchev–Trinajstić information content (AvgIpc) is 2.50. The first-order valence-corrected chi connectivity index (χ1v) is 7.50. The molecule has 0 aliphatic carbocycles. The lowest BCUT2D eigenvalue weighted by molar-refractivity contribution is 0.102. The molecule has 0 bridgehead atoms. The van der Waals surface area contributed by atoms with Crippen molar-refractivity contribution in [3.8, 4) is 0 Å². The molecule has 5 nitrogen and oxygen atoms in total. The normalized spacial score (nSPS) is 10.7. The first kappa shape index (κ1) is 14.6. The summed E-state index contributed by atoms with van der Waals surface area (Å²) < 4.78 is 0.859. The van der Waals surface area contributed by atoms with E-state index < -0.39 is 0 Å². The third kappa shape index (κ3) is 2.96. The number of carbonyl (C=O) groups excluding carboxylic acids is 1. The van der Waals surface area contributed by atoms with Crippen molar-refractivity contribution in [3.63, 3.8) is 0 Å². The van der Waals surface area contributed by atoms with Gasteiger partial charge in [-0.15, -0.1) is 0 Å². The minimum atomic E-state index is -0.225. The van der Waals surface area contributed by atoms with E-state index in [2.05, 4.69) is 36.2 Å². The molecule has 0 aliphatic heterocycles. The summed E-state index contributed by atoms with van der Waals surface area (Å²) in [5, 5.41) is 2.76. The average molecular weight is 357 g/mol. The number of aryl methyl sites for hydroxylation is 2. The third-order valence-electron chi connectivity index (χ3n) is 3.31. The first-order chi connectivity index (χ1) is 10.5. The topological polar surface area (TPSA) is 67.8 Å². The number of pyridine rings is 1. The Kier molecular flexibility index (Phi) is 3.85. The lowest BCUT2D eigenvalue weighted by atomic mass is 10.1.